The van der Waals surface area contributed by atoms with Gasteiger partial charge in [0.05, 0.1) is 13.7 Å². The van der Waals surface area contributed by atoms with Gasteiger partial charge in [0.1, 0.15) is 23.5 Å². The maximum Gasteiger partial charge on any atom is 0.459 e. The summed E-state index contributed by atoms with van der Waals surface area (Å²) in [5.74, 6) is 0.293. The van der Waals surface area contributed by atoms with E-state index < -0.39 is 61.5 Å². The Labute approximate surface area is 218 Å². The van der Waals surface area contributed by atoms with Crippen LogP contribution in [0.25, 0.3) is 0 Å². The highest BCUT2D eigenvalue weighted by atomic mass is 31.2. The number of nitrogens with one attached hydrogen (secondary N) is 1. The van der Waals surface area contributed by atoms with Crippen LogP contribution < -0.4 is 20.0 Å². The van der Waals surface area contributed by atoms with Gasteiger partial charge in [0, 0.05) is 12.3 Å². The number of aromatic nitrogens is 2. The van der Waals surface area contributed by atoms with Crippen molar-refractivity contribution in [1.82, 2.24) is 14.6 Å². The lowest BCUT2D eigenvalue weighted by Crippen LogP contribution is -2.53. The van der Waals surface area contributed by atoms with Gasteiger partial charge in [-0.05, 0) is 25.0 Å². The Bertz CT molecular complexity index is 1300. The van der Waals surface area contributed by atoms with Crippen LogP contribution in [0.5, 0.6) is 11.6 Å². The number of methoxy groups -OCH3 is 1. The Balaban J connectivity index is 1.91. The molecular formula is C24H30N3O10P. The quantitative estimate of drug-likeness (QED) is 0.232. The van der Waals surface area contributed by atoms with E-state index in [1.165, 1.54) is 38.4 Å². The van der Waals surface area contributed by atoms with E-state index in [1.807, 2.05) is 5.92 Å². The van der Waals surface area contributed by atoms with E-state index in [9.17, 15) is 29.5 Å². The zero-order valence-corrected chi connectivity index (χ0v) is 22.1. The van der Waals surface area contributed by atoms with Crippen molar-refractivity contribution in [2.45, 2.75) is 50.3 Å². The number of aliphatic hydroxyl groups is 2. The van der Waals surface area contributed by atoms with Gasteiger partial charge in [0.25, 0.3) is 0 Å². The fraction of sp³-hybridized carbons (Fsp3) is 0.458. The van der Waals surface area contributed by atoms with Crippen LogP contribution in [0.1, 0.15) is 27.0 Å². The van der Waals surface area contributed by atoms with Gasteiger partial charge in [-0.25, -0.2) is 9.36 Å². The van der Waals surface area contributed by atoms with Crippen LogP contribution in [0.4, 0.5) is 0 Å². The number of ether oxygens (including phenoxy) is 2. The predicted octanol–water partition coefficient (Wildman–Crippen LogP) is 1.17. The summed E-state index contributed by atoms with van der Waals surface area (Å²) in [6, 6.07) is 9.22. The van der Waals surface area contributed by atoms with E-state index in [0.29, 0.717) is 0 Å². The van der Waals surface area contributed by atoms with E-state index in [0.717, 1.165) is 4.57 Å². The van der Waals surface area contributed by atoms with Crippen LogP contribution in [-0.4, -0.2) is 67.9 Å². The Morgan fingerprint density at radius 2 is 2.03 bits per heavy atom. The number of aliphatic carboxylic acids is 1. The predicted molar refractivity (Wildman–Crippen MR) is 133 cm³/mol. The van der Waals surface area contributed by atoms with Crippen LogP contribution in [-0.2, 0) is 18.6 Å². The molecule has 1 aliphatic heterocycles. The fourth-order valence-corrected chi connectivity index (χ4v) is 5.44. The molecule has 13 nitrogen and oxygen atoms in total. The second-order valence-electron chi connectivity index (χ2n) is 9.07. The number of rotatable bonds is 11. The maximum absolute atomic E-state index is 13.8. The molecule has 1 unspecified atom stereocenters. The minimum Gasteiger partial charge on any atom is -0.481 e. The number of carbonyl (C=O) groups is 1. The number of nitrogens with zero attached hydrogens (tertiary/aromatic N) is 2. The first-order valence-corrected chi connectivity index (χ1v) is 13.0. The maximum atomic E-state index is 13.8. The van der Waals surface area contributed by atoms with Gasteiger partial charge >= 0.3 is 19.4 Å². The zero-order valence-electron chi connectivity index (χ0n) is 21.2. The minimum atomic E-state index is -4.46. The highest BCUT2D eigenvalue weighted by Gasteiger charge is 2.57. The summed E-state index contributed by atoms with van der Waals surface area (Å²) >= 11 is 0. The number of benzene rings is 1. The molecule has 2 aromatic rings. The van der Waals surface area contributed by atoms with E-state index in [-0.39, 0.29) is 11.6 Å². The molecule has 6 atom stereocenters. The second kappa shape index (κ2) is 11.2. The molecule has 0 radical (unpaired) electrons. The summed E-state index contributed by atoms with van der Waals surface area (Å²) in [7, 11) is -3.15. The van der Waals surface area contributed by atoms with Crippen molar-refractivity contribution in [1.29, 1.82) is 0 Å². The third-order valence-electron chi connectivity index (χ3n) is 6.33. The molecule has 1 aliphatic rings. The highest BCUT2D eigenvalue weighted by Crippen LogP contribution is 2.49. The molecule has 1 fully saturated rings. The van der Waals surface area contributed by atoms with Gasteiger partial charge in [-0.15, -0.1) is 6.42 Å². The fourth-order valence-electron chi connectivity index (χ4n) is 3.61. The smallest absolute Gasteiger partial charge is 0.459 e. The van der Waals surface area contributed by atoms with E-state index in [1.54, 1.807) is 32.0 Å². The second-order valence-corrected chi connectivity index (χ2v) is 10.7. The summed E-state index contributed by atoms with van der Waals surface area (Å²) in [5.41, 5.74) is -5.03. The lowest BCUT2D eigenvalue weighted by atomic mass is 9.90. The van der Waals surface area contributed by atoms with Gasteiger partial charge < -0.3 is 29.3 Å². The Morgan fingerprint density at radius 1 is 1.37 bits per heavy atom. The van der Waals surface area contributed by atoms with Crippen molar-refractivity contribution < 1.29 is 43.2 Å². The largest absolute Gasteiger partial charge is 0.481 e. The zero-order chi connectivity index (χ0) is 28.3. The molecule has 206 valence electrons. The number of hydrogen-bond donors (Lipinski definition) is 4. The highest BCUT2D eigenvalue weighted by molar-refractivity contribution is 7.52. The van der Waals surface area contributed by atoms with Crippen molar-refractivity contribution in [2.75, 3.05) is 13.7 Å². The molecule has 0 bridgehead atoms. The summed E-state index contributed by atoms with van der Waals surface area (Å²) < 4.78 is 36.4. The molecule has 3 rings (SSSR count). The number of terminal acetylenes is 1. The molecule has 1 saturated heterocycles. The van der Waals surface area contributed by atoms with Crippen LogP contribution >= 0.6 is 7.75 Å². The number of carboxylic acids is 1. The molecule has 1 aromatic carbocycles. The molecule has 0 spiro atoms. The standard InChI is InChI=1S/C24H30N3O10P/c1-6-24(32)19(28)17(36-20(24)27-13-12-18(34-5)25-22(27)31)14-35-38(33,37-16-10-8-7-9-11-16)26-23(4,15(2)3)21(29)30/h1,7-13,15,17,19-20,28,32H,14H2,2-5H3,(H,26,33)(H,29,30)/t17-,19-,20-,23+,24-,38?/m1/s1. The summed E-state index contributed by atoms with van der Waals surface area (Å²) in [4.78, 5) is 28.2. The molecule has 0 aliphatic carbocycles. The molecule has 0 saturated carbocycles. The lowest BCUT2D eigenvalue weighted by molar-refractivity contribution is -0.145. The van der Waals surface area contributed by atoms with Crippen molar-refractivity contribution in [3.05, 3.63) is 53.1 Å². The van der Waals surface area contributed by atoms with Crippen molar-refractivity contribution in [3.8, 4) is 24.0 Å². The first-order valence-electron chi connectivity index (χ1n) is 11.5. The average molecular weight is 551 g/mol. The topological polar surface area (TPSA) is 179 Å². The Morgan fingerprint density at radius 3 is 2.55 bits per heavy atom. The van der Waals surface area contributed by atoms with Crippen LogP contribution in [0, 0.1) is 18.3 Å². The monoisotopic (exact) mass is 551 g/mol. The SMILES string of the molecule is C#C[C@@]1(O)[C@H](O)[C@@H](COP(=O)(N[C@](C)(C(=O)O)C(C)C)Oc2ccccc2)O[C@H]1n1ccc(OC)nc1=O. The van der Waals surface area contributed by atoms with Crippen molar-refractivity contribution >= 4 is 13.7 Å². The lowest BCUT2D eigenvalue weighted by Gasteiger charge is -2.33. The van der Waals surface area contributed by atoms with Crippen LogP contribution in [0.2, 0.25) is 0 Å². The van der Waals surface area contributed by atoms with E-state index in [2.05, 4.69) is 10.1 Å². The summed E-state index contributed by atoms with van der Waals surface area (Å²) in [6.07, 6.45) is 1.88. The number of aliphatic hydroxyl groups excluding tert-OH is 1. The Hall–Kier alpha value is -3.24. The first kappa shape index (κ1) is 29.3. The Kier molecular flexibility index (Phi) is 8.68. The summed E-state index contributed by atoms with van der Waals surface area (Å²) in [6.45, 7) is 3.86. The minimum absolute atomic E-state index is 0.00521. The number of para-hydroxylation sites is 1. The third kappa shape index (κ3) is 5.76. The van der Waals surface area contributed by atoms with Crippen LogP contribution in [0.15, 0.2) is 47.4 Å². The average Bonchev–Trinajstić information content (AvgIpc) is 3.13. The molecule has 14 heteroatoms. The van der Waals surface area contributed by atoms with Crippen molar-refractivity contribution in [2.24, 2.45) is 5.92 Å². The molecule has 0 amide bonds. The van der Waals surface area contributed by atoms with Crippen molar-refractivity contribution in [3.63, 3.8) is 0 Å². The van der Waals surface area contributed by atoms with Gasteiger partial charge in [0.15, 0.2) is 11.8 Å². The molecule has 1 aromatic heterocycles. The van der Waals surface area contributed by atoms with E-state index >= 15 is 0 Å². The molecule has 38 heavy (non-hydrogen) atoms. The first-order chi connectivity index (χ1) is 17.8. The van der Waals surface area contributed by atoms with Gasteiger partial charge in [-0.1, -0.05) is 38.0 Å². The molecule has 4 N–H and O–H groups in total. The normalized spacial score (nSPS) is 26.2. The molecule has 2 heterocycles. The molecular weight excluding hydrogens is 521 g/mol. The van der Waals surface area contributed by atoms with E-state index in [4.69, 9.17) is 24.9 Å². The number of carboxylic acid groups (broad SMARTS) is 1. The van der Waals surface area contributed by atoms with Gasteiger partial charge in [-0.3, -0.25) is 13.9 Å². The van der Waals surface area contributed by atoms with Gasteiger partial charge in [-0.2, -0.15) is 10.1 Å². The summed E-state index contributed by atoms with van der Waals surface area (Å²) in [5, 5.41) is 34.1. The number of hydrogen-bond acceptors (Lipinski definition) is 10. The van der Waals surface area contributed by atoms with Gasteiger partial charge in [0.2, 0.25) is 5.88 Å². The third-order valence-corrected chi connectivity index (χ3v) is 8.00. The van der Waals surface area contributed by atoms with Crippen LogP contribution in [0.3, 0.4) is 0 Å².